The summed E-state index contributed by atoms with van der Waals surface area (Å²) in [7, 11) is 0. The van der Waals surface area contributed by atoms with Gasteiger partial charge in [0.1, 0.15) is 0 Å². The van der Waals surface area contributed by atoms with Gasteiger partial charge < -0.3 is 10.6 Å². The molecule has 0 aromatic heterocycles. The Morgan fingerprint density at radius 1 is 1.20 bits per heavy atom. The second-order valence-electron chi connectivity index (χ2n) is 5.11. The summed E-state index contributed by atoms with van der Waals surface area (Å²) < 4.78 is 0. The molecule has 0 radical (unpaired) electrons. The van der Waals surface area contributed by atoms with Gasteiger partial charge in [-0.25, -0.2) is 0 Å². The molecule has 3 nitrogen and oxygen atoms in total. The number of nitrogens with zero attached hydrogens (tertiary/aromatic N) is 1. The molecule has 1 aliphatic carbocycles. The van der Waals surface area contributed by atoms with Crippen molar-refractivity contribution in [1.82, 2.24) is 4.90 Å². The second kappa shape index (κ2) is 4.52. The van der Waals surface area contributed by atoms with Crippen LogP contribution in [0.2, 0.25) is 0 Å². The molecular formula is C12H22N2O. The predicted octanol–water partition coefficient (Wildman–Crippen LogP) is 1.51. The summed E-state index contributed by atoms with van der Waals surface area (Å²) in [6.07, 6.45) is 7.22. The van der Waals surface area contributed by atoms with Crippen LogP contribution in [0.5, 0.6) is 0 Å². The number of rotatable bonds is 1. The van der Waals surface area contributed by atoms with Gasteiger partial charge in [0.2, 0.25) is 5.91 Å². The average Bonchev–Trinajstić information content (AvgIpc) is 2.43. The lowest BCUT2D eigenvalue weighted by molar-refractivity contribution is -0.131. The monoisotopic (exact) mass is 210 g/mol. The molecule has 1 amide bonds. The molecular weight excluding hydrogens is 188 g/mol. The van der Waals surface area contributed by atoms with Gasteiger partial charge in [0, 0.05) is 12.6 Å². The molecule has 0 bridgehead atoms. The van der Waals surface area contributed by atoms with Crippen LogP contribution < -0.4 is 5.73 Å². The van der Waals surface area contributed by atoms with Crippen LogP contribution in [0, 0.1) is 5.92 Å². The van der Waals surface area contributed by atoms with Crippen LogP contribution in [-0.2, 0) is 4.79 Å². The molecule has 1 saturated carbocycles. The number of amides is 1. The van der Waals surface area contributed by atoms with E-state index in [0.717, 1.165) is 13.0 Å². The number of nitrogens with two attached hydrogens (primary N) is 1. The van der Waals surface area contributed by atoms with E-state index < -0.39 is 0 Å². The van der Waals surface area contributed by atoms with E-state index in [-0.39, 0.29) is 11.9 Å². The normalized spacial score (nSPS) is 38.1. The standard InChI is InChI=1S/C12H22N2O/c1-9-5-3-2-4-6-11(9)14-8-7-10(13)12(14)15/h9-11H,2-8,13H2,1H3. The summed E-state index contributed by atoms with van der Waals surface area (Å²) >= 11 is 0. The van der Waals surface area contributed by atoms with E-state index >= 15 is 0 Å². The first-order chi connectivity index (χ1) is 7.20. The van der Waals surface area contributed by atoms with Gasteiger partial charge in [0.05, 0.1) is 6.04 Å². The van der Waals surface area contributed by atoms with Crippen molar-refractivity contribution in [2.45, 2.75) is 57.5 Å². The Labute approximate surface area is 92.0 Å². The highest BCUT2D eigenvalue weighted by atomic mass is 16.2. The van der Waals surface area contributed by atoms with Crippen LogP contribution in [0.1, 0.15) is 45.4 Å². The smallest absolute Gasteiger partial charge is 0.239 e. The van der Waals surface area contributed by atoms with E-state index in [1.165, 1.54) is 32.1 Å². The Kier molecular flexibility index (Phi) is 3.29. The number of likely N-dealkylation sites (tertiary alicyclic amines) is 1. The van der Waals surface area contributed by atoms with E-state index in [1.54, 1.807) is 0 Å². The van der Waals surface area contributed by atoms with Crippen molar-refractivity contribution in [2.75, 3.05) is 6.54 Å². The van der Waals surface area contributed by atoms with Crippen LogP contribution in [0.4, 0.5) is 0 Å². The highest BCUT2D eigenvalue weighted by Crippen LogP contribution is 2.29. The fraction of sp³-hybridized carbons (Fsp3) is 0.917. The fourth-order valence-corrected chi connectivity index (χ4v) is 2.99. The van der Waals surface area contributed by atoms with Crippen molar-refractivity contribution in [1.29, 1.82) is 0 Å². The minimum absolute atomic E-state index is 0.189. The van der Waals surface area contributed by atoms with Crippen molar-refractivity contribution >= 4 is 5.91 Å². The lowest BCUT2D eigenvalue weighted by Crippen LogP contribution is -2.43. The SMILES string of the molecule is CC1CCCCCC1N1CCC(N)C1=O. The van der Waals surface area contributed by atoms with Gasteiger partial charge in [-0.05, 0) is 25.2 Å². The molecule has 2 aliphatic rings. The minimum atomic E-state index is -0.222. The number of carbonyl (C=O) groups is 1. The highest BCUT2D eigenvalue weighted by molar-refractivity contribution is 5.84. The first-order valence-electron chi connectivity index (χ1n) is 6.26. The van der Waals surface area contributed by atoms with Crippen molar-refractivity contribution < 1.29 is 4.79 Å². The summed E-state index contributed by atoms with van der Waals surface area (Å²) in [5, 5.41) is 0. The summed E-state index contributed by atoms with van der Waals surface area (Å²) in [6.45, 7) is 3.17. The molecule has 3 unspecified atom stereocenters. The predicted molar refractivity (Wildman–Crippen MR) is 60.3 cm³/mol. The zero-order valence-corrected chi connectivity index (χ0v) is 9.61. The molecule has 1 heterocycles. The molecule has 15 heavy (non-hydrogen) atoms. The Morgan fingerprint density at radius 3 is 2.60 bits per heavy atom. The van der Waals surface area contributed by atoms with Crippen molar-refractivity contribution in [2.24, 2.45) is 11.7 Å². The topological polar surface area (TPSA) is 46.3 Å². The van der Waals surface area contributed by atoms with E-state index in [4.69, 9.17) is 5.73 Å². The molecule has 3 heteroatoms. The lowest BCUT2D eigenvalue weighted by Gasteiger charge is -2.31. The van der Waals surface area contributed by atoms with Crippen molar-refractivity contribution in [3.8, 4) is 0 Å². The van der Waals surface area contributed by atoms with Crippen molar-refractivity contribution in [3.05, 3.63) is 0 Å². The molecule has 0 aromatic carbocycles. The van der Waals surface area contributed by atoms with Gasteiger partial charge in [-0.15, -0.1) is 0 Å². The molecule has 2 N–H and O–H groups in total. The number of hydrogen-bond acceptors (Lipinski definition) is 2. The second-order valence-corrected chi connectivity index (χ2v) is 5.11. The maximum Gasteiger partial charge on any atom is 0.239 e. The molecule has 1 saturated heterocycles. The zero-order chi connectivity index (χ0) is 10.8. The molecule has 0 aromatic rings. The van der Waals surface area contributed by atoms with Crippen LogP contribution in [-0.4, -0.2) is 29.4 Å². The minimum Gasteiger partial charge on any atom is -0.338 e. The number of hydrogen-bond donors (Lipinski definition) is 1. The Morgan fingerprint density at radius 2 is 1.93 bits per heavy atom. The van der Waals surface area contributed by atoms with Crippen LogP contribution in [0.15, 0.2) is 0 Å². The molecule has 3 atom stereocenters. The third-order valence-corrected chi connectivity index (χ3v) is 4.00. The lowest BCUT2D eigenvalue weighted by atomic mass is 9.95. The summed E-state index contributed by atoms with van der Waals surface area (Å²) in [4.78, 5) is 13.9. The van der Waals surface area contributed by atoms with Crippen LogP contribution >= 0.6 is 0 Å². The van der Waals surface area contributed by atoms with Gasteiger partial charge in [-0.3, -0.25) is 4.79 Å². The fourth-order valence-electron chi connectivity index (χ4n) is 2.99. The van der Waals surface area contributed by atoms with E-state index in [9.17, 15) is 4.79 Å². The third kappa shape index (κ3) is 2.17. The van der Waals surface area contributed by atoms with Gasteiger partial charge in [-0.1, -0.05) is 26.2 Å². The van der Waals surface area contributed by atoms with E-state index in [2.05, 4.69) is 11.8 Å². The quantitative estimate of drug-likeness (QED) is 0.667. The summed E-state index contributed by atoms with van der Waals surface area (Å²) in [5.74, 6) is 0.843. The largest absolute Gasteiger partial charge is 0.338 e. The van der Waals surface area contributed by atoms with Crippen LogP contribution in [0.3, 0.4) is 0 Å². The molecule has 2 fully saturated rings. The van der Waals surface area contributed by atoms with Gasteiger partial charge in [0.25, 0.3) is 0 Å². The van der Waals surface area contributed by atoms with Crippen LogP contribution in [0.25, 0.3) is 0 Å². The van der Waals surface area contributed by atoms with Gasteiger partial charge in [0.15, 0.2) is 0 Å². The van der Waals surface area contributed by atoms with E-state index in [0.29, 0.717) is 12.0 Å². The third-order valence-electron chi connectivity index (χ3n) is 4.00. The maximum absolute atomic E-state index is 11.9. The molecule has 0 spiro atoms. The Bertz CT molecular complexity index is 242. The zero-order valence-electron chi connectivity index (χ0n) is 9.61. The summed E-state index contributed by atoms with van der Waals surface area (Å²) in [6, 6.07) is 0.244. The highest BCUT2D eigenvalue weighted by Gasteiger charge is 2.36. The van der Waals surface area contributed by atoms with Gasteiger partial charge >= 0.3 is 0 Å². The Hall–Kier alpha value is -0.570. The molecule has 2 rings (SSSR count). The maximum atomic E-state index is 11.9. The van der Waals surface area contributed by atoms with Gasteiger partial charge in [-0.2, -0.15) is 0 Å². The summed E-state index contributed by atoms with van der Waals surface area (Å²) in [5.41, 5.74) is 5.77. The molecule has 1 aliphatic heterocycles. The molecule has 86 valence electrons. The Balaban J connectivity index is 2.04. The van der Waals surface area contributed by atoms with Crippen molar-refractivity contribution in [3.63, 3.8) is 0 Å². The van der Waals surface area contributed by atoms with E-state index in [1.807, 2.05) is 0 Å². The number of carbonyl (C=O) groups excluding carboxylic acids is 1. The average molecular weight is 210 g/mol. The first kappa shape index (κ1) is 10.9. The first-order valence-corrected chi connectivity index (χ1v) is 6.26.